The molecule has 7 heteroatoms. The SMILES string of the molecule is CCOC(=O)c1csc(N2CC(c3ccccc3)(C(C)(C)C)C2(O[SiH3])c2ccccc2)n1. The Labute approximate surface area is 196 Å². The van der Waals surface area contributed by atoms with Crippen LogP contribution in [-0.2, 0) is 20.3 Å². The molecule has 2 atom stereocenters. The molecule has 0 radical (unpaired) electrons. The van der Waals surface area contributed by atoms with Crippen LogP contribution >= 0.6 is 11.3 Å². The molecule has 0 spiro atoms. The van der Waals surface area contributed by atoms with Crippen LogP contribution in [0.4, 0.5) is 5.13 Å². The summed E-state index contributed by atoms with van der Waals surface area (Å²) in [6, 6.07) is 21.0. The van der Waals surface area contributed by atoms with E-state index in [0.717, 1.165) is 17.2 Å². The highest BCUT2D eigenvalue weighted by Gasteiger charge is 2.71. The van der Waals surface area contributed by atoms with E-state index in [2.05, 4.69) is 85.3 Å². The Morgan fingerprint density at radius 2 is 1.69 bits per heavy atom. The van der Waals surface area contributed by atoms with Gasteiger partial charge < -0.3 is 14.1 Å². The highest BCUT2D eigenvalue weighted by atomic mass is 32.1. The molecule has 1 aliphatic rings. The molecule has 1 aliphatic heterocycles. The van der Waals surface area contributed by atoms with Gasteiger partial charge in [0.05, 0.1) is 12.0 Å². The number of ether oxygens (including phenoxy) is 1. The molecule has 2 heterocycles. The summed E-state index contributed by atoms with van der Waals surface area (Å²) in [4.78, 5) is 19.2. The topological polar surface area (TPSA) is 51.7 Å². The van der Waals surface area contributed by atoms with Crippen LogP contribution < -0.4 is 4.90 Å². The van der Waals surface area contributed by atoms with Crippen molar-refractivity contribution in [2.75, 3.05) is 18.1 Å². The Hall–Kier alpha value is -2.48. The molecule has 168 valence electrons. The van der Waals surface area contributed by atoms with Crippen LogP contribution in [0.1, 0.15) is 49.3 Å². The molecule has 2 unspecified atom stereocenters. The molecule has 0 amide bonds. The number of hydrogen-bond donors (Lipinski definition) is 0. The van der Waals surface area contributed by atoms with Crippen molar-refractivity contribution in [3.63, 3.8) is 0 Å². The standard InChI is InChI=1S/C25H30N2O3SSi/c1-5-29-21(28)20-16-31-22(26-20)27-17-24(23(2,3)4,18-12-8-6-9-13-18)25(27,30-32)19-14-10-7-11-15-19/h6-16H,5,17H2,1-4,32H3. The van der Waals surface area contributed by atoms with E-state index < -0.39 is 11.7 Å². The van der Waals surface area contributed by atoms with Gasteiger partial charge in [0.25, 0.3) is 0 Å². The van der Waals surface area contributed by atoms with Crippen LogP contribution in [0.3, 0.4) is 0 Å². The third-order valence-electron chi connectivity index (χ3n) is 6.57. The third kappa shape index (κ3) is 3.22. The Kier molecular flexibility index (Phi) is 6.00. The Balaban J connectivity index is 1.92. The van der Waals surface area contributed by atoms with E-state index in [4.69, 9.17) is 9.16 Å². The van der Waals surface area contributed by atoms with Crippen molar-refractivity contribution in [3.05, 3.63) is 82.9 Å². The molecule has 32 heavy (non-hydrogen) atoms. The minimum Gasteiger partial charge on any atom is -0.461 e. The molecule has 1 aromatic heterocycles. The van der Waals surface area contributed by atoms with Crippen molar-refractivity contribution in [2.24, 2.45) is 5.41 Å². The van der Waals surface area contributed by atoms with Gasteiger partial charge in [0, 0.05) is 17.5 Å². The summed E-state index contributed by atoms with van der Waals surface area (Å²) in [6.07, 6.45) is 0. The highest BCUT2D eigenvalue weighted by molar-refractivity contribution is 7.14. The number of carbonyl (C=O) groups is 1. The van der Waals surface area contributed by atoms with Crippen LogP contribution in [0.25, 0.3) is 0 Å². The summed E-state index contributed by atoms with van der Waals surface area (Å²) in [7, 11) is 0.536. The van der Waals surface area contributed by atoms with Gasteiger partial charge in [-0.3, -0.25) is 0 Å². The van der Waals surface area contributed by atoms with E-state index in [1.807, 2.05) is 6.07 Å². The van der Waals surface area contributed by atoms with Crippen molar-refractivity contribution < 1.29 is 14.0 Å². The van der Waals surface area contributed by atoms with Crippen LogP contribution in [0, 0.1) is 5.41 Å². The molecule has 0 saturated carbocycles. The Bertz CT molecular complexity index is 1080. The Morgan fingerprint density at radius 1 is 1.09 bits per heavy atom. The number of hydrogen-bond acceptors (Lipinski definition) is 6. The molecular formula is C25H30N2O3SSi. The molecule has 3 aromatic rings. The van der Waals surface area contributed by atoms with E-state index in [0.29, 0.717) is 22.8 Å². The fourth-order valence-corrected chi connectivity index (χ4v) is 6.78. The minimum atomic E-state index is -0.732. The zero-order valence-electron chi connectivity index (χ0n) is 19.3. The lowest BCUT2D eigenvalue weighted by atomic mass is 9.50. The van der Waals surface area contributed by atoms with Crippen LogP contribution in [-0.4, -0.2) is 34.6 Å². The zero-order valence-corrected chi connectivity index (χ0v) is 22.1. The predicted octanol–water partition coefficient (Wildman–Crippen LogP) is 4.27. The van der Waals surface area contributed by atoms with E-state index in [1.54, 1.807) is 12.3 Å². The average Bonchev–Trinajstić information content (AvgIpc) is 3.24. The molecule has 4 rings (SSSR count). The van der Waals surface area contributed by atoms with Crippen molar-refractivity contribution in [1.82, 2.24) is 4.98 Å². The molecule has 0 N–H and O–H groups in total. The summed E-state index contributed by atoms with van der Waals surface area (Å²) >= 11 is 1.46. The maximum Gasteiger partial charge on any atom is 0.357 e. The van der Waals surface area contributed by atoms with Gasteiger partial charge in [0.15, 0.2) is 16.6 Å². The summed E-state index contributed by atoms with van der Waals surface area (Å²) < 4.78 is 11.8. The van der Waals surface area contributed by atoms with E-state index in [-0.39, 0.29) is 10.8 Å². The second-order valence-corrected chi connectivity index (χ2v) is 10.3. The fraction of sp³-hybridized carbons (Fsp3) is 0.360. The number of esters is 1. The second-order valence-electron chi connectivity index (χ2n) is 9.06. The number of anilines is 1. The monoisotopic (exact) mass is 466 g/mol. The molecule has 5 nitrogen and oxygen atoms in total. The number of thiazole rings is 1. The average molecular weight is 467 g/mol. The first-order valence-electron chi connectivity index (χ1n) is 10.9. The normalized spacial score (nSPS) is 23.1. The summed E-state index contributed by atoms with van der Waals surface area (Å²) in [6.45, 7) is 9.69. The molecule has 0 aliphatic carbocycles. The van der Waals surface area contributed by atoms with Gasteiger partial charge in [-0.05, 0) is 17.9 Å². The first-order valence-corrected chi connectivity index (χ1v) is 12.6. The van der Waals surface area contributed by atoms with Gasteiger partial charge in [0.1, 0.15) is 10.5 Å². The first-order chi connectivity index (χ1) is 15.3. The van der Waals surface area contributed by atoms with Crippen molar-refractivity contribution in [2.45, 2.75) is 38.8 Å². The minimum absolute atomic E-state index is 0.119. The molecule has 1 fully saturated rings. The number of carbonyl (C=O) groups excluding carboxylic acids is 1. The lowest BCUT2D eigenvalue weighted by Gasteiger charge is -2.70. The largest absolute Gasteiger partial charge is 0.461 e. The van der Waals surface area contributed by atoms with Gasteiger partial charge in [-0.25, -0.2) is 9.78 Å². The first kappa shape index (κ1) is 22.7. The van der Waals surface area contributed by atoms with E-state index in [9.17, 15) is 4.79 Å². The zero-order chi connectivity index (χ0) is 23.0. The van der Waals surface area contributed by atoms with Gasteiger partial charge in [0.2, 0.25) is 0 Å². The molecule has 0 bridgehead atoms. The Morgan fingerprint density at radius 3 is 2.22 bits per heavy atom. The fourth-order valence-electron chi connectivity index (χ4n) is 5.14. The van der Waals surface area contributed by atoms with Crippen LogP contribution in [0.2, 0.25) is 0 Å². The smallest absolute Gasteiger partial charge is 0.357 e. The van der Waals surface area contributed by atoms with Crippen molar-refractivity contribution >= 4 is 32.9 Å². The van der Waals surface area contributed by atoms with Crippen LogP contribution in [0.15, 0.2) is 66.0 Å². The lowest BCUT2D eigenvalue weighted by Crippen LogP contribution is -2.79. The van der Waals surface area contributed by atoms with E-state index >= 15 is 0 Å². The van der Waals surface area contributed by atoms with Crippen molar-refractivity contribution in [3.8, 4) is 0 Å². The predicted molar refractivity (Wildman–Crippen MR) is 132 cm³/mol. The van der Waals surface area contributed by atoms with E-state index in [1.165, 1.54) is 16.9 Å². The summed E-state index contributed by atoms with van der Waals surface area (Å²) in [5.74, 6) is -0.391. The molecule has 2 aromatic carbocycles. The molecular weight excluding hydrogens is 436 g/mol. The summed E-state index contributed by atoms with van der Waals surface area (Å²) in [5.41, 5.74) is 1.50. The highest BCUT2D eigenvalue weighted by Crippen LogP contribution is 2.64. The second kappa shape index (κ2) is 8.46. The maximum absolute atomic E-state index is 12.3. The van der Waals surface area contributed by atoms with Gasteiger partial charge in [-0.15, -0.1) is 11.3 Å². The third-order valence-corrected chi connectivity index (χ3v) is 8.02. The number of nitrogens with zero attached hydrogens (tertiary/aromatic N) is 2. The number of aromatic nitrogens is 1. The lowest BCUT2D eigenvalue weighted by molar-refractivity contribution is -0.130. The van der Waals surface area contributed by atoms with Gasteiger partial charge in [-0.1, -0.05) is 81.4 Å². The maximum atomic E-state index is 12.3. The van der Waals surface area contributed by atoms with Crippen LogP contribution in [0.5, 0.6) is 0 Å². The summed E-state index contributed by atoms with van der Waals surface area (Å²) in [5, 5.41) is 2.54. The van der Waals surface area contributed by atoms with Crippen molar-refractivity contribution in [1.29, 1.82) is 0 Å². The molecule has 1 saturated heterocycles. The van der Waals surface area contributed by atoms with Gasteiger partial charge in [-0.2, -0.15) is 0 Å². The number of benzene rings is 2. The number of rotatable bonds is 6. The quantitative estimate of drug-likeness (QED) is 0.401. The van der Waals surface area contributed by atoms with Gasteiger partial charge >= 0.3 is 5.97 Å².